The number of rotatable bonds is 16. The molecule has 0 saturated heterocycles. The Kier molecular flexibility index (Phi) is 17.9. The highest BCUT2D eigenvalue weighted by atomic mass is 16.6. The van der Waals surface area contributed by atoms with Gasteiger partial charge in [-0.1, -0.05) is 146 Å². The number of esters is 8. The van der Waals surface area contributed by atoms with Gasteiger partial charge in [-0.25, -0.2) is 48.3 Å². The predicted molar refractivity (Wildman–Crippen MR) is 308 cm³/mol. The largest absolute Gasteiger partial charge is 0.386 e. The molecule has 1 aromatic heterocycles. The highest BCUT2D eigenvalue weighted by Gasteiger charge is 2.19. The van der Waals surface area contributed by atoms with Crippen molar-refractivity contribution in [3.8, 4) is 0 Å². The molecule has 0 aliphatic carbocycles. The molecule has 8 aromatic carbocycles. The second-order valence-corrected chi connectivity index (χ2v) is 17.8. The van der Waals surface area contributed by atoms with Crippen LogP contribution < -0.4 is 0 Å². The molecule has 398 valence electrons. The lowest BCUT2D eigenvalue weighted by molar-refractivity contribution is 0.0380. The number of ether oxygens (including phenoxy) is 4. The van der Waals surface area contributed by atoms with Gasteiger partial charge in [0.2, 0.25) is 0 Å². The summed E-state index contributed by atoms with van der Waals surface area (Å²) in [6.45, 7) is 0. The molecule has 9 rings (SSSR count). The lowest BCUT2D eigenvalue weighted by atomic mass is 10.1. The van der Waals surface area contributed by atoms with Crippen LogP contribution in [0, 0.1) is 0 Å². The van der Waals surface area contributed by atoms with Gasteiger partial charge in [0, 0.05) is 0 Å². The van der Waals surface area contributed by atoms with Crippen LogP contribution in [-0.4, -0.2) is 57.7 Å². The van der Waals surface area contributed by atoms with Gasteiger partial charge >= 0.3 is 47.8 Å². The van der Waals surface area contributed by atoms with Crippen molar-refractivity contribution in [3.05, 3.63) is 308 Å². The summed E-state index contributed by atoms with van der Waals surface area (Å²) in [5.74, 6) is -6.43. The lowest BCUT2D eigenvalue weighted by Crippen LogP contribution is -2.12. The molecule has 0 aliphatic rings. The average Bonchev–Trinajstić information content (AvgIpc) is 3.53. The second kappa shape index (κ2) is 26.6. The Morgan fingerprint density at radius 1 is 0.207 bits per heavy atom. The van der Waals surface area contributed by atoms with Crippen LogP contribution in [0.2, 0.25) is 0 Å². The van der Waals surface area contributed by atoms with Crippen LogP contribution in [0.25, 0.3) is 48.6 Å². The van der Waals surface area contributed by atoms with Crippen LogP contribution in [-0.2, 0) is 18.9 Å². The average molecular weight is 1080 g/mol. The van der Waals surface area contributed by atoms with Gasteiger partial charge in [-0.2, -0.15) is 0 Å². The van der Waals surface area contributed by atoms with Gasteiger partial charge in [0.1, 0.15) is 0 Å². The minimum absolute atomic E-state index is 0.147. The van der Waals surface area contributed by atoms with E-state index < -0.39 is 47.8 Å². The first kappa shape index (κ1) is 55.1. The Labute approximate surface area is 469 Å². The van der Waals surface area contributed by atoms with Crippen molar-refractivity contribution in [2.75, 3.05) is 0 Å². The van der Waals surface area contributed by atoms with Crippen molar-refractivity contribution in [2.45, 2.75) is 0 Å². The molecule has 0 N–H and O–H groups in total. The van der Waals surface area contributed by atoms with E-state index in [-0.39, 0.29) is 44.5 Å². The number of aromatic nitrogens is 2. The Hall–Kier alpha value is -11.6. The van der Waals surface area contributed by atoms with E-state index in [1.807, 2.05) is 0 Å². The van der Waals surface area contributed by atoms with Crippen LogP contribution in [0.4, 0.5) is 0 Å². The van der Waals surface area contributed by atoms with E-state index in [9.17, 15) is 38.4 Å². The summed E-state index contributed by atoms with van der Waals surface area (Å²) >= 11 is 0. The van der Waals surface area contributed by atoms with Gasteiger partial charge in [-0.05, 0) is 144 Å². The zero-order chi connectivity index (χ0) is 57.2. The monoisotopic (exact) mass is 1080 g/mol. The molecule has 14 heteroatoms. The van der Waals surface area contributed by atoms with E-state index in [1.54, 1.807) is 218 Å². The molecule has 0 spiro atoms. The molecule has 0 amide bonds. The van der Waals surface area contributed by atoms with Gasteiger partial charge in [0.05, 0.1) is 67.3 Å². The predicted octanol–water partition coefficient (Wildman–Crippen LogP) is 13.1. The minimum atomic E-state index is -0.824. The Morgan fingerprint density at radius 2 is 0.366 bits per heavy atom. The number of hydrogen-bond acceptors (Lipinski definition) is 14. The van der Waals surface area contributed by atoms with E-state index in [4.69, 9.17) is 28.9 Å². The van der Waals surface area contributed by atoms with Crippen LogP contribution >= 0.6 is 0 Å². The standard InChI is InChI=1S/C68H44N2O12/c71-61(49-13-5-1-6-14-49)79-65(75)53-33-21-45(22-34-53)29-41-57-58(42-30-46-23-35-54(36-24-46)66(76)80-62(72)50-15-7-2-8-16-50)70-60(44-32-48-27-39-56(40-28-48)68(78)82-64(74)52-19-11-4-12-20-52)59(69-57)43-31-47-25-37-55(38-26-47)67(77)81-63(73)51-17-9-3-10-18-51/h1-44H. The van der Waals surface area contributed by atoms with Crippen molar-refractivity contribution in [3.63, 3.8) is 0 Å². The molecule has 0 bridgehead atoms. The fourth-order valence-electron chi connectivity index (χ4n) is 7.71. The van der Waals surface area contributed by atoms with Crippen molar-refractivity contribution in [1.29, 1.82) is 0 Å². The molecule has 0 radical (unpaired) electrons. The third-order valence-electron chi connectivity index (χ3n) is 12.1. The van der Waals surface area contributed by atoms with Gasteiger partial charge in [0.15, 0.2) is 0 Å². The summed E-state index contributed by atoms with van der Waals surface area (Å²) in [7, 11) is 0. The molecule has 0 fully saturated rings. The zero-order valence-electron chi connectivity index (χ0n) is 43.2. The molecular formula is C68H44N2O12. The maximum Gasteiger partial charge on any atom is 0.346 e. The van der Waals surface area contributed by atoms with E-state index in [2.05, 4.69) is 0 Å². The van der Waals surface area contributed by atoms with E-state index in [1.165, 1.54) is 48.5 Å². The Balaban J connectivity index is 1.03. The minimum Gasteiger partial charge on any atom is -0.386 e. The van der Waals surface area contributed by atoms with Crippen molar-refractivity contribution in [2.24, 2.45) is 0 Å². The first-order valence-corrected chi connectivity index (χ1v) is 25.2. The van der Waals surface area contributed by atoms with Gasteiger partial charge in [-0.3, -0.25) is 0 Å². The Morgan fingerprint density at radius 3 is 0.537 bits per heavy atom. The third-order valence-corrected chi connectivity index (χ3v) is 12.1. The van der Waals surface area contributed by atoms with Gasteiger partial charge in [0.25, 0.3) is 0 Å². The normalized spacial score (nSPS) is 11.1. The maximum atomic E-state index is 12.9. The highest BCUT2D eigenvalue weighted by molar-refractivity contribution is 6.05. The number of nitrogens with zero attached hydrogens (tertiary/aromatic N) is 2. The third kappa shape index (κ3) is 14.9. The smallest absolute Gasteiger partial charge is 0.346 e. The fourth-order valence-corrected chi connectivity index (χ4v) is 7.71. The molecule has 0 aliphatic heterocycles. The quantitative estimate of drug-likeness (QED) is 0.0503. The summed E-state index contributed by atoms with van der Waals surface area (Å²) < 4.78 is 20.4. The van der Waals surface area contributed by atoms with Crippen molar-refractivity contribution >= 4 is 96.4 Å². The molecule has 0 unspecified atom stereocenters. The van der Waals surface area contributed by atoms with Gasteiger partial charge < -0.3 is 18.9 Å². The topological polar surface area (TPSA) is 199 Å². The molecule has 9 aromatic rings. The molecule has 14 nitrogen and oxygen atoms in total. The van der Waals surface area contributed by atoms with E-state index in [0.29, 0.717) is 45.0 Å². The zero-order valence-corrected chi connectivity index (χ0v) is 43.2. The first-order chi connectivity index (χ1) is 39.9. The summed E-state index contributed by atoms with van der Waals surface area (Å²) in [5.41, 5.74) is 5.66. The lowest BCUT2D eigenvalue weighted by Gasteiger charge is -2.08. The highest BCUT2D eigenvalue weighted by Crippen LogP contribution is 2.23. The van der Waals surface area contributed by atoms with Gasteiger partial charge in [-0.15, -0.1) is 0 Å². The van der Waals surface area contributed by atoms with Crippen molar-refractivity contribution in [1.82, 2.24) is 9.97 Å². The maximum absolute atomic E-state index is 12.9. The SMILES string of the molecule is O=C(OC(=O)c1ccc(C=Cc2nc(C=Cc3ccc(C(=O)OC(=O)c4ccccc4)cc3)c(C=Cc3ccc(C(=O)OC(=O)c4ccccc4)cc3)nc2C=Cc2ccc(C(=O)OC(=O)c3ccccc3)cc2)cc1)c1ccccc1. The number of benzene rings is 8. The summed E-state index contributed by atoms with van der Waals surface area (Å²) in [6.07, 6.45) is 13.9. The molecule has 0 saturated carbocycles. The number of carbonyl (C=O) groups excluding carboxylic acids is 8. The molecule has 82 heavy (non-hydrogen) atoms. The second-order valence-electron chi connectivity index (χ2n) is 17.8. The van der Waals surface area contributed by atoms with E-state index >= 15 is 0 Å². The molecular weight excluding hydrogens is 1040 g/mol. The number of hydrogen-bond donors (Lipinski definition) is 0. The van der Waals surface area contributed by atoms with Crippen LogP contribution in [0.1, 0.15) is 128 Å². The van der Waals surface area contributed by atoms with Crippen LogP contribution in [0.5, 0.6) is 0 Å². The molecule has 1 heterocycles. The molecule has 0 atom stereocenters. The Bertz CT molecular complexity index is 3430. The fraction of sp³-hybridized carbons (Fsp3) is 0. The first-order valence-electron chi connectivity index (χ1n) is 25.2. The van der Waals surface area contributed by atoms with E-state index in [0.717, 1.165) is 0 Å². The van der Waals surface area contributed by atoms with Crippen LogP contribution in [0.15, 0.2) is 218 Å². The van der Waals surface area contributed by atoms with Crippen LogP contribution in [0.3, 0.4) is 0 Å². The summed E-state index contributed by atoms with van der Waals surface area (Å²) in [5, 5.41) is 0. The summed E-state index contributed by atoms with van der Waals surface area (Å²) in [4.78, 5) is 112. The number of carbonyl (C=O) groups is 8. The van der Waals surface area contributed by atoms with Crippen molar-refractivity contribution < 1.29 is 57.3 Å². The summed E-state index contributed by atoms with van der Waals surface area (Å²) in [6, 6.07) is 58.2.